The Balaban J connectivity index is 0.844. The monoisotopic (exact) mass is 1560 g/mol. The third kappa shape index (κ3) is 21.1. The number of anilines is 3. The van der Waals surface area contributed by atoms with Crippen molar-refractivity contribution >= 4 is 92.5 Å². The van der Waals surface area contributed by atoms with E-state index in [4.69, 9.17) is 42.9 Å². The lowest BCUT2D eigenvalue weighted by Gasteiger charge is -2.29. The molecule has 0 saturated carbocycles. The fourth-order valence-corrected chi connectivity index (χ4v) is 16.0. The van der Waals surface area contributed by atoms with E-state index in [0.717, 1.165) is 178 Å². The maximum absolute atomic E-state index is 15.8. The van der Waals surface area contributed by atoms with E-state index in [2.05, 4.69) is 148 Å². The molecule has 2 unspecified atom stereocenters. The Bertz CT molecular complexity index is 5060. The van der Waals surface area contributed by atoms with Gasteiger partial charge in [-0.25, -0.2) is 4.99 Å². The van der Waals surface area contributed by atoms with Crippen molar-refractivity contribution in [2.75, 3.05) is 99.3 Å². The van der Waals surface area contributed by atoms with Crippen LogP contribution in [0.25, 0.3) is 35.2 Å². The number of H-pyrrole nitrogens is 1. The van der Waals surface area contributed by atoms with Gasteiger partial charge in [0.15, 0.2) is 0 Å². The summed E-state index contributed by atoms with van der Waals surface area (Å²) in [5.41, 5.74) is 16.6. The van der Waals surface area contributed by atoms with E-state index in [1.165, 1.54) is 22.7 Å². The fraction of sp³-hybridized carbons (Fsp3) is 0.309. The molecule has 0 radical (unpaired) electrons. The van der Waals surface area contributed by atoms with Crippen molar-refractivity contribution in [1.82, 2.24) is 14.8 Å². The second-order valence-electron chi connectivity index (χ2n) is 28.4. The molecule has 114 heavy (non-hydrogen) atoms. The molecule has 9 aromatic rings. The van der Waals surface area contributed by atoms with E-state index in [1.54, 1.807) is 28.4 Å². The summed E-state index contributed by atoms with van der Waals surface area (Å²) < 4.78 is 44.1. The zero-order valence-electron chi connectivity index (χ0n) is 67.2. The van der Waals surface area contributed by atoms with Gasteiger partial charge in [-0.1, -0.05) is 138 Å². The number of hydrogen-bond acceptors (Lipinski definition) is 14. The Kier molecular flexibility index (Phi) is 29.8. The van der Waals surface area contributed by atoms with Crippen molar-refractivity contribution in [2.45, 2.75) is 92.9 Å². The molecule has 0 fully saturated rings. The molecule has 6 aromatic carbocycles. The minimum Gasteiger partial charge on any atom is -0.497 e. The van der Waals surface area contributed by atoms with Gasteiger partial charge in [-0.05, 0) is 224 Å². The van der Waals surface area contributed by atoms with Crippen LogP contribution in [-0.4, -0.2) is 127 Å². The number of benzene rings is 6. The van der Waals surface area contributed by atoms with Crippen LogP contribution in [0.15, 0.2) is 215 Å². The van der Waals surface area contributed by atoms with Gasteiger partial charge < -0.3 is 57.6 Å². The molecular weight excluding hydrogens is 1460 g/mol. The molecule has 12 rings (SSSR count). The molecule has 15 nitrogen and oxygen atoms in total. The second kappa shape index (κ2) is 41.2. The number of ether oxygens (including phenoxy) is 8. The number of hydrogen-bond donors (Lipinski definition) is 1. The molecule has 0 saturated heterocycles. The minimum absolute atomic E-state index is 0.129. The number of methoxy groups -OCH3 is 4. The van der Waals surface area contributed by atoms with Crippen LogP contribution >= 0.6 is 22.7 Å². The number of aliphatic imine (C=N–C) groups is 1. The van der Waals surface area contributed by atoms with Crippen LogP contribution in [-0.2, 0) is 28.5 Å². The number of nitrogens with one attached hydrogen (secondary N) is 1. The van der Waals surface area contributed by atoms with Crippen LogP contribution in [0, 0.1) is 42.4 Å². The number of carbonyl (C=O) groups is 2. The highest BCUT2D eigenvalue weighted by atomic mass is 32.1. The topological polar surface area (TPSA) is 146 Å². The summed E-state index contributed by atoms with van der Waals surface area (Å²) in [6.45, 7) is 18.1. The number of unbranched alkanes of at least 4 members (excludes halogenated alkanes) is 2. The van der Waals surface area contributed by atoms with Gasteiger partial charge in [0.25, 0.3) is 11.8 Å². The fourth-order valence-electron chi connectivity index (χ4n) is 14.1. The Morgan fingerprint density at radius 3 is 1.39 bits per heavy atom. The number of fused-ring (bicyclic) bond motifs is 1. The summed E-state index contributed by atoms with van der Waals surface area (Å²) in [4.78, 5) is 50.1. The van der Waals surface area contributed by atoms with Crippen LogP contribution < -0.4 is 23.8 Å². The maximum Gasteiger partial charge on any atom is 0.261 e. The summed E-state index contributed by atoms with van der Waals surface area (Å²) >= 11 is 3.05. The van der Waals surface area contributed by atoms with Crippen molar-refractivity contribution in [2.24, 2.45) is 16.8 Å². The highest BCUT2D eigenvalue weighted by molar-refractivity contribution is 7.14. The lowest BCUT2D eigenvalue weighted by atomic mass is 9.95. The summed E-state index contributed by atoms with van der Waals surface area (Å²) in [5, 5.41) is 0. The molecule has 2 atom stereocenters. The van der Waals surface area contributed by atoms with Gasteiger partial charge >= 0.3 is 0 Å². The van der Waals surface area contributed by atoms with E-state index in [0.29, 0.717) is 88.5 Å². The number of rotatable bonds is 39. The lowest BCUT2D eigenvalue weighted by molar-refractivity contribution is -0.124. The highest BCUT2D eigenvalue weighted by Gasteiger charge is 2.50. The van der Waals surface area contributed by atoms with Gasteiger partial charge in [0.05, 0.1) is 113 Å². The third-order valence-corrected chi connectivity index (χ3v) is 22.5. The third-order valence-electron chi connectivity index (χ3n) is 20.5. The van der Waals surface area contributed by atoms with E-state index >= 15 is 9.59 Å². The molecule has 1 N–H and O–H groups in total. The van der Waals surface area contributed by atoms with E-state index in [1.807, 2.05) is 143 Å². The Morgan fingerprint density at radius 2 is 0.939 bits per heavy atom. The van der Waals surface area contributed by atoms with Crippen LogP contribution in [0.3, 0.4) is 0 Å². The summed E-state index contributed by atoms with van der Waals surface area (Å²) in [6.07, 6.45) is 18.4. The molecule has 0 bridgehead atoms. The number of allylic oxidation sites excluding steroid dienone is 3. The van der Waals surface area contributed by atoms with Gasteiger partial charge in [-0.15, -0.1) is 22.7 Å². The summed E-state index contributed by atoms with van der Waals surface area (Å²) in [5.74, 6) is 17.2. The van der Waals surface area contributed by atoms with Gasteiger partial charge in [0, 0.05) is 66.8 Å². The van der Waals surface area contributed by atoms with Crippen molar-refractivity contribution in [3.8, 4) is 46.7 Å². The van der Waals surface area contributed by atoms with Crippen molar-refractivity contribution in [3.05, 3.63) is 275 Å². The molecule has 2 amide bonds. The molecule has 0 spiro atoms. The van der Waals surface area contributed by atoms with Gasteiger partial charge in [-0.2, -0.15) is 0 Å². The molecule has 0 aliphatic carbocycles. The predicted molar refractivity (Wildman–Crippen MR) is 465 cm³/mol. The average molecular weight is 1560 g/mol. The Hall–Kier alpha value is -11.0. The number of aromatic nitrogens is 1. The molecule has 3 aliphatic rings. The normalized spacial score (nSPS) is 14.3. The largest absolute Gasteiger partial charge is 0.497 e. The van der Waals surface area contributed by atoms with Gasteiger partial charge in [0.1, 0.15) is 36.2 Å². The average Bonchev–Trinajstić information content (AvgIpc) is 1.55. The molecule has 6 heterocycles. The first-order chi connectivity index (χ1) is 55.8. The first-order valence-corrected chi connectivity index (χ1v) is 41.3. The number of thiophene rings is 2. The predicted octanol–water partition coefficient (Wildman–Crippen LogP) is 21.1. The highest BCUT2D eigenvalue weighted by Crippen LogP contribution is 2.50. The molecular formula is C97H103N5O10S2. The smallest absolute Gasteiger partial charge is 0.261 e. The zero-order chi connectivity index (χ0) is 79.7. The first-order valence-electron chi connectivity index (χ1n) is 39.6. The Morgan fingerprint density at radius 1 is 0.500 bits per heavy atom. The lowest BCUT2D eigenvalue weighted by Crippen LogP contribution is -2.34. The summed E-state index contributed by atoms with van der Waals surface area (Å²) in [7, 11) is 6.65. The maximum atomic E-state index is 15.8. The van der Waals surface area contributed by atoms with Crippen molar-refractivity contribution in [1.29, 1.82) is 0 Å². The van der Waals surface area contributed by atoms with Gasteiger partial charge in [0.2, 0.25) is 0 Å². The molecule has 3 aliphatic heterocycles. The SMILES string of the molecule is CCCCC(CC)CN1C(=O)C2=C(c3ccc(C#Cc4ccc(N(c5ccc(OC)cc5)c5ccc(OC)cc5)cc4)s3)N(CC(CC)CCCC)C(=O)C2=C1c1ccc(C#Cc2ccc(/C(=C3N=C(/C=C/c4ccc(OCCOCCOC)cc4)C=C/3C)c3[nH]c(/C=C/c4ccc(OCCOCCOC)cc4)cc3C)cc2)s1. The Labute approximate surface area is 681 Å². The number of carbonyl (C=O) groups excluding carboxylic acids is 2. The standard InChI is InChI=1S/C97H103N5O10S2/c1-11-15-17-69(13-3)65-100-94(90-91(97(100)104)95(101(96(90)103)66-70(14-4)18-16-12-2)88-54-52-86(114-88)50-30-74-23-35-78(36-24-74)102(79-37-45-81(107-9)46-38-79)80-39-47-82(108-10)48-40-80)87-53-51-85(113-87)49-29-71-19-31-75(32-20-71)89(92-67(5)63-76(98-92)33-21-72-25-41-83(42-26-72)111-61-59-109-57-55-105-7)93-68(6)64-77(99-93)34-22-73-27-43-84(44-28-73)112-62-60-110-58-56-106-8/h19-28,31-48,51-54,63-64,69-70,98H,11-18,55-62,65-66H2,1-10H3/b33-21+,34-22+,93-89-. The zero-order valence-corrected chi connectivity index (χ0v) is 68.8. The molecule has 17 heteroatoms. The quantitative estimate of drug-likeness (QED) is 0.0290. The number of amides is 2. The van der Waals surface area contributed by atoms with E-state index in [9.17, 15) is 0 Å². The van der Waals surface area contributed by atoms with Crippen LogP contribution in [0.1, 0.15) is 150 Å². The van der Waals surface area contributed by atoms with Gasteiger partial charge in [-0.3, -0.25) is 9.59 Å². The van der Waals surface area contributed by atoms with Crippen LogP contribution in [0.2, 0.25) is 0 Å². The molecule has 588 valence electrons. The second-order valence-corrected chi connectivity index (χ2v) is 30.5. The van der Waals surface area contributed by atoms with Crippen LogP contribution in [0.5, 0.6) is 23.0 Å². The summed E-state index contributed by atoms with van der Waals surface area (Å²) in [6, 6.07) is 59.0. The number of aryl methyl sites for hydroxylation is 1. The first kappa shape index (κ1) is 82.5. The molecule has 3 aromatic heterocycles. The van der Waals surface area contributed by atoms with Crippen molar-refractivity contribution < 1.29 is 47.5 Å². The van der Waals surface area contributed by atoms with Crippen LogP contribution in [0.4, 0.5) is 17.1 Å². The number of aromatic amines is 1. The van der Waals surface area contributed by atoms with E-state index < -0.39 is 0 Å². The van der Waals surface area contributed by atoms with E-state index in [-0.39, 0.29) is 23.7 Å². The minimum atomic E-state index is -0.129. The van der Waals surface area contributed by atoms with Crippen molar-refractivity contribution in [3.63, 3.8) is 0 Å². The number of nitrogens with zero attached hydrogens (tertiary/aromatic N) is 4.